The molecule has 1 heterocycles. The van der Waals surface area contributed by atoms with Crippen LogP contribution in [0.2, 0.25) is 0 Å². The second kappa shape index (κ2) is 4.63. The summed E-state index contributed by atoms with van der Waals surface area (Å²) in [6.45, 7) is 3.61. The Morgan fingerprint density at radius 3 is 1.89 bits per heavy atom. The highest BCUT2D eigenvalue weighted by Crippen LogP contribution is 2.34. The number of nitrogens with one attached hydrogen (secondary N) is 1. The van der Waals surface area contributed by atoms with E-state index in [2.05, 4.69) is 5.32 Å². The molecule has 0 aromatic heterocycles. The van der Waals surface area contributed by atoms with Crippen molar-refractivity contribution in [2.45, 2.75) is 31.9 Å². The van der Waals surface area contributed by atoms with Crippen LogP contribution in [0.25, 0.3) is 0 Å². The van der Waals surface area contributed by atoms with Gasteiger partial charge < -0.3 is 10.1 Å². The van der Waals surface area contributed by atoms with Crippen LogP contribution in [0.15, 0.2) is 0 Å². The topological polar surface area (TPSA) is 21.3 Å². The van der Waals surface area contributed by atoms with Gasteiger partial charge in [0.2, 0.25) is 5.82 Å². The fourth-order valence-corrected chi connectivity index (χ4v) is 2.00. The molecule has 2 nitrogen and oxygen atoms in total. The Bertz CT molecular complexity index is 492. The minimum atomic E-state index is -2.17. The number of anilines is 1. The molecule has 1 aliphatic rings. The SMILES string of the molecule is CC1OCCC1(C)Nc1c(F)c(F)c(F)c(F)c1F. The first-order valence-corrected chi connectivity index (χ1v) is 5.69. The summed E-state index contributed by atoms with van der Waals surface area (Å²) in [5.41, 5.74) is -1.91. The molecule has 0 saturated carbocycles. The van der Waals surface area contributed by atoms with Gasteiger partial charge in [-0.05, 0) is 20.3 Å². The van der Waals surface area contributed by atoms with Gasteiger partial charge in [-0.1, -0.05) is 0 Å². The van der Waals surface area contributed by atoms with E-state index < -0.39 is 46.4 Å². The predicted octanol–water partition coefficient (Wildman–Crippen LogP) is 3.36. The summed E-state index contributed by atoms with van der Waals surface area (Å²) in [6, 6.07) is 0. The van der Waals surface area contributed by atoms with Crippen molar-refractivity contribution in [2.24, 2.45) is 0 Å². The van der Waals surface area contributed by atoms with E-state index in [1.807, 2.05) is 0 Å². The molecule has 106 valence electrons. The van der Waals surface area contributed by atoms with E-state index in [1.54, 1.807) is 13.8 Å². The number of halogens is 5. The van der Waals surface area contributed by atoms with Gasteiger partial charge in [0, 0.05) is 6.61 Å². The number of hydrogen-bond donors (Lipinski definition) is 1. The van der Waals surface area contributed by atoms with Crippen molar-refractivity contribution in [1.29, 1.82) is 0 Å². The van der Waals surface area contributed by atoms with Gasteiger partial charge in [-0.2, -0.15) is 0 Å². The minimum absolute atomic E-state index is 0.347. The molecule has 19 heavy (non-hydrogen) atoms. The van der Waals surface area contributed by atoms with Crippen molar-refractivity contribution < 1.29 is 26.7 Å². The van der Waals surface area contributed by atoms with Crippen molar-refractivity contribution in [2.75, 3.05) is 11.9 Å². The van der Waals surface area contributed by atoms with E-state index >= 15 is 0 Å². The van der Waals surface area contributed by atoms with E-state index in [9.17, 15) is 22.0 Å². The van der Waals surface area contributed by atoms with Crippen LogP contribution < -0.4 is 5.32 Å². The molecule has 2 unspecified atom stereocenters. The van der Waals surface area contributed by atoms with Crippen LogP contribution in [0.5, 0.6) is 0 Å². The maximum atomic E-state index is 13.5. The van der Waals surface area contributed by atoms with Crippen molar-refractivity contribution in [1.82, 2.24) is 0 Å². The zero-order valence-corrected chi connectivity index (χ0v) is 10.3. The highest BCUT2D eigenvalue weighted by atomic mass is 19.2. The van der Waals surface area contributed by atoms with Crippen LogP contribution in [0, 0.1) is 29.1 Å². The van der Waals surface area contributed by atoms with Gasteiger partial charge in [0.25, 0.3) is 0 Å². The summed E-state index contributed by atoms with van der Waals surface area (Å²) >= 11 is 0. The molecule has 1 aliphatic heterocycles. The molecule has 0 aliphatic carbocycles. The monoisotopic (exact) mass is 281 g/mol. The smallest absolute Gasteiger partial charge is 0.200 e. The van der Waals surface area contributed by atoms with Crippen molar-refractivity contribution >= 4 is 5.69 Å². The second-order valence-corrected chi connectivity index (χ2v) is 4.75. The Labute approximate surface area is 106 Å². The molecular weight excluding hydrogens is 269 g/mol. The summed E-state index contributed by atoms with van der Waals surface area (Å²) in [6.07, 6.45) is -0.0179. The number of hydrogen-bond acceptors (Lipinski definition) is 2. The molecule has 0 spiro atoms. The summed E-state index contributed by atoms with van der Waals surface area (Å²) in [5, 5.41) is 2.39. The van der Waals surface area contributed by atoms with Crippen LogP contribution in [0.3, 0.4) is 0 Å². The molecule has 1 N–H and O–H groups in total. The first kappa shape index (κ1) is 14.0. The third-order valence-electron chi connectivity index (χ3n) is 3.51. The first-order chi connectivity index (χ1) is 8.78. The molecule has 0 bridgehead atoms. The lowest BCUT2D eigenvalue weighted by Gasteiger charge is -2.30. The number of ether oxygens (including phenoxy) is 1. The van der Waals surface area contributed by atoms with Crippen LogP contribution in [-0.4, -0.2) is 18.2 Å². The standard InChI is InChI=1S/C12H12F5NO/c1-5-12(2,3-4-19-5)18-11-9(16)7(14)6(13)8(15)10(11)17/h5,18H,3-4H2,1-2H3. The molecule has 1 aromatic carbocycles. The summed E-state index contributed by atoms with van der Waals surface area (Å²) in [4.78, 5) is 0. The van der Waals surface area contributed by atoms with Gasteiger partial charge in [0.1, 0.15) is 5.69 Å². The molecule has 2 rings (SSSR count). The lowest BCUT2D eigenvalue weighted by molar-refractivity contribution is 0.105. The Morgan fingerprint density at radius 2 is 1.47 bits per heavy atom. The van der Waals surface area contributed by atoms with Crippen LogP contribution in [0.1, 0.15) is 20.3 Å². The first-order valence-electron chi connectivity index (χ1n) is 5.69. The normalized spacial score (nSPS) is 26.8. The lowest BCUT2D eigenvalue weighted by Crippen LogP contribution is -2.42. The van der Waals surface area contributed by atoms with Crippen molar-refractivity contribution in [3.63, 3.8) is 0 Å². The van der Waals surface area contributed by atoms with E-state index in [-0.39, 0.29) is 0 Å². The zero-order chi connectivity index (χ0) is 14.4. The maximum Gasteiger partial charge on any atom is 0.200 e. The second-order valence-electron chi connectivity index (χ2n) is 4.75. The highest BCUT2D eigenvalue weighted by Gasteiger charge is 2.39. The largest absolute Gasteiger partial charge is 0.376 e. The molecular formula is C12H12F5NO. The molecule has 7 heteroatoms. The summed E-state index contributed by atoms with van der Waals surface area (Å²) in [5.74, 6) is -9.82. The summed E-state index contributed by atoms with van der Waals surface area (Å²) in [7, 11) is 0. The van der Waals surface area contributed by atoms with E-state index in [1.165, 1.54) is 0 Å². The molecule has 0 amide bonds. The van der Waals surface area contributed by atoms with E-state index in [0.717, 1.165) is 0 Å². The Hall–Kier alpha value is -1.37. The van der Waals surface area contributed by atoms with Crippen LogP contribution in [-0.2, 0) is 4.74 Å². The molecule has 0 radical (unpaired) electrons. The molecule has 2 atom stereocenters. The van der Waals surface area contributed by atoms with Gasteiger partial charge in [-0.25, -0.2) is 22.0 Å². The fourth-order valence-electron chi connectivity index (χ4n) is 2.00. The van der Waals surface area contributed by atoms with Gasteiger partial charge >= 0.3 is 0 Å². The zero-order valence-electron chi connectivity index (χ0n) is 10.3. The van der Waals surface area contributed by atoms with E-state index in [4.69, 9.17) is 4.74 Å². The number of benzene rings is 1. The third kappa shape index (κ3) is 2.16. The molecule has 1 aromatic rings. The average Bonchev–Trinajstić information content (AvgIpc) is 2.70. The Balaban J connectivity index is 2.46. The predicted molar refractivity (Wildman–Crippen MR) is 58.3 cm³/mol. The van der Waals surface area contributed by atoms with Crippen molar-refractivity contribution in [3.05, 3.63) is 29.1 Å². The average molecular weight is 281 g/mol. The van der Waals surface area contributed by atoms with E-state index in [0.29, 0.717) is 13.0 Å². The van der Waals surface area contributed by atoms with Crippen LogP contribution >= 0.6 is 0 Å². The van der Waals surface area contributed by atoms with Gasteiger partial charge in [0.15, 0.2) is 23.3 Å². The molecule has 1 fully saturated rings. The highest BCUT2D eigenvalue weighted by molar-refractivity contribution is 5.50. The maximum absolute atomic E-state index is 13.5. The van der Waals surface area contributed by atoms with Gasteiger partial charge in [0.05, 0.1) is 11.6 Å². The fraction of sp³-hybridized carbons (Fsp3) is 0.500. The molecule has 1 saturated heterocycles. The Kier molecular flexibility index (Phi) is 3.42. The van der Waals surface area contributed by atoms with Gasteiger partial charge in [-0.15, -0.1) is 0 Å². The Morgan fingerprint density at radius 1 is 1.00 bits per heavy atom. The summed E-state index contributed by atoms with van der Waals surface area (Å²) < 4.78 is 71.3. The lowest BCUT2D eigenvalue weighted by atomic mass is 9.94. The van der Waals surface area contributed by atoms with Gasteiger partial charge in [-0.3, -0.25) is 0 Å². The minimum Gasteiger partial charge on any atom is -0.376 e. The third-order valence-corrected chi connectivity index (χ3v) is 3.51. The quantitative estimate of drug-likeness (QED) is 0.510. The number of rotatable bonds is 2. The van der Waals surface area contributed by atoms with Crippen molar-refractivity contribution in [3.8, 4) is 0 Å². The van der Waals surface area contributed by atoms with Crippen LogP contribution in [0.4, 0.5) is 27.6 Å².